The first-order valence-corrected chi connectivity index (χ1v) is 5.08. The summed E-state index contributed by atoms with van der Waals surface area (Å²) >= 11 is 0. The van der Waals surface area contributed by atoms with Crippen molar-refractivity contribution in [2.24, 2.45) is 5.11 Å². The van der Waals surface area contributed by atoms with E-state index in [0.717, 1.165) is 13.0 Å². The molecule has 0 saturated carbocycles. The molecule has 0 radical (unpaired) electrons. The number of hydrogen-bond donors (Lipinski definition) is 0. The van der Waals surface area contributed by atoms with Gasteiger partial charge in [-0.25, -0.2) is 0 Å². The number of hydrogen-bond acceptors (Lipinski definition) is 3. The van der Waals surface area contributed by atoms with E-state index in [0.29, 0.717) is 26.4 Å². The molecule has 0 aromatic heterocycles. The van der Waals surface area contributed by atoms with Gasteiger partial charge in [0.2, 0.25) is 0 Å². The Bertz CT molecular complexity index is 158. The van der Waals surface area contributed by atoms with Crippen LogP contribution in [-0.2, 0) is 9.47 Å². The second kappa shape index (κ2) is 12.2. The fraction of sp³-hybridized carbons (Fsp3) is 1.00. The monoisotopic (exact) mass is 201 g/mol. The van der Waals surface area contributed by atoms with Crippen LogP contribution >= 0.6 is 0 Å². The lowest BCUT2D eigenvalue weighted by Gasteiger charge is -2.03. The predicted molar refractivity (Wildman–Crippen MR) is 55.2 cm³/mol. The standard InChI is InChI=1S/C9H19N3O2/c1-2-3-4-6-13-8-9-14-7-5-11-12-10/h2-9H2,1H3. The fourth-order valence-electron chi connectivity index (χ4n) is 0.926. The molecule has 0 aliphatic rings. The summed E-state index contributed by atoms with van der Waals surface area (Å²) in [6.07, 6.45) is 3.55. The average Bonchev–Trinajstić information content (AvgIpc) is 2.21. The maximum atomic E-state index is 7.97. The number of unbranched alkanes of at least 4 members (excludes halogenated alkanes) is 2. The molecule has 82 valence electrons. The highest BCUT2D eigenvalue weighted by atomic mass is 16.5. The van der Waals surface area contributed by atoms with Gasteiger partial charge in [0.1, 0.15) is 0 Å². The van der Waals surface area contributed by atoms with Crippen molar-refractivity contribution in [3.8, 4) is 0 Å². The van der Waals surface area contributed by atoms with E-state index in [9.17, 15) is 0 Å². The Morgan fingerprint density at radius 3 is 2.43 bits per heavy atom. The van der Waals surface area contributed by atoms with Gasteiger partial charge in [-0.05, 0) is 12.0 Å². The number of azide groups is 1. The Labute approximate surface area is 85.0 Å². The van der Waals surface area contributed by atoms with Gasteiger partial charge < -0.3 is 9.47 Å². The third-order valence-electron chi connectivity index (χ3n) is 1.66. The molecular weight excluding hydrogens is 182 g/mol. The second-order valence-corrected chi connectivity index (χ2v) is 2.89. The van der Waals surface area contributed by atoms with E-state index in [2.05, 4.69) is 16.9 Å². The Balaban J connectivity index is 2.88. The van der Waals surface area contributed by atoms with Crippen molar-refractivity contribution in [2.75, 3.05) is 33.0 Å². The van der Waals surface area contributed by atoms with Gasteiger partial charge in [-0.2, -0.15) is 0 Å². The molecule has 14 heavy (non-hydrogen) atoms. The molecule has 0 rings (SSSR count). The van der Waals surface area contributed by atoms with Crippen LogP contribution in [0.1, 0.15) is 26.2 Å². The van der Waals surface area contributed by atoms with Crippen molar-refractivity contribution in [1.82, 2.24) is 0 Å². The normalized spacial score (nSPS) is 9.79. The van der Waals surface area contributed by atoms with Gasteiger partial charge >= 0.3 is 0 Å². The predicted octanol–water partition coefficient (Wildman–Crippen LogP) is 2.52. The van der Waals surface area contributed by atoms with E-state index in [1.165, 1.54) is 12.8 Å². The lowest BCUT2D eigenvalue weighted by molar-refractivity contribution is 0.0493. The topological polar surface area (TPSA) is 67.2 Å². The van der Waals surface area contributed by atoms with Crippen LogP contribution in [0.5, 0.6) is 0 Å². The van der Waals surface area contributed by atoms with Gasteiger partial charge in [0, 0.05) is 18.1 Å². The van der Waals surface area contributed by atoms with E-state index >= 15 is 0 Å². The van der Waals surface area contributed by atoms with E-state index in [1.807, 2.05) is 0 Å². The third-order valence-corrected chi connectivity index (χ3v) is 1.66. The summed E-state index contributed by atoms with van der Waals surface area (Å²) in [7, 11) is 0. The van der Waals surface area contributed by atoms with Crippen molar-refractivity contribution >= 4 is 0 Å². The van der Waals surface area contributed by atoms with Crippen molar-refractivity contribution in [3.63, 3.8) is 0 Å². The molecule has 5 heteroatoms. The van der Waals surface area contributed by atoms with E-state index < -0.39 is 0 Å². The third kappa shape index (κ3) is 11.2. The molecule has 0 aliphatic heterocycles. The van der Waals surface area contributed by atoms with E-state index in [4.69, 9.17) is 15.0 Å². The molecule has 0 unspecified atom stereocenters. The maximum absolute atomic E-state index is 7.97. The maximum Gasteiger partial charge on any atom is 0.0700 e. The molecule has 0 aromatic rings. The van der Waals surface area contributed by atoms with E-state index in [1.54, 1.807) is 0 Å². The lowest BCUT2D eigenvalue weighted by Crippen LogP contribution is -2.07. The minimum absolute atomic E-state index is 0.395. The highest BCUT2D eigenvalue weighted by Gasteiger charge is 1.89. The van der Waals surface area contributed by atoms with Crippen LogP contribution in [0.2, 0.25) is 0 Å². The summed E-state index contributed by atoms with van der Waals surface area (Å²) in [6, 6.07) is 0. The summed E-state index contributed by atoms with van der Waals surface area (Å²) in [6.45, 7) is 5.05. The molecule has 0 heterocycles. The minimum atomic E-state index is 0.395. The Morgan fingerprint density at radius 2 is 1.79 bits per heavy atom. The van der Waals surface area contributed by atoms with Crippen LogP contribution in [-0.4, -0.2) is 33.0 Å². The first-order valence-electron chi connectivity index (χ1n) is 5.08. The first-order chi connectivity index (χ1) is 6.91. The Hall–Kier alpha value is -0.770. The molecule has 0 amide bonds. The average molecular weight is 201 g/mol. The molecule has 0 aliphatic carbocycles. The number of nitrogens with zero attached hydrogens (tertiary/aromatic N) is 3. The van der Waals surface area contributed by atoms with Crippen molar-refractivity contribution in [3.05, 3.63) is 10.4 Å². The fourth-order valence-corrected chi connectivity index (χ4v) is 0.926. The van der Waals surface area contributed by atoms with Gasteiger partial charge in [0.15, 0.2) is 0 Å². The molecule has 0 saturated heterocycles. The highest BCUT2D eigenvalue weighted by molar-refractivity contribution is 4.44. The van der Waals surface area contributed by atoms with Crippen molar-refractivity contribution < 1.29 is 9.47 Å². The van der Waals surface area contributed by atoms with Crippen LogP contribution in [0.3, 0.4) is 0 Å². The van der Waals surface area contributed by atoms with Gasteiger partial charge in [0.25, 0.3) is 0 Å². The minimum Gasteiger partial charge on any atom is -0.379 e. The summed E-state index contributed by atoms with van der Waals surface area (Å²) in [4.78, 5) is 2.62. The van der Waals surface area contributed by atoms with Crippen LogP contribution in [0.15, 0.2) is 5.11 Å². The van der Waals surface area contributed by atoms with Gasteiger partial charge in [-0.15, -0.1) is 0 Å². The molecular formula is C9H19N3O2. The van der Waals surface area contributed by atoms with Gasteiger partial charge in [-0.3, -0.25) is 0 Å². The summed E-state index contributed by atoms with van der Waals surface area (Å²) < 4.78 is 10.5. The van der Waals surface area contributed by atoms with Crippen LogP contribution < -0.4 is 0 Å². The molecule has 0 aromatic carbocycles. The Kier molecular flexibility index (Phi) is 11.6. The van der Waals surface area contributed by atoms with Crippen LogP contribution in [0, 0.1) is 0 Å². The number of rotatable bonds is 10. The summed E-state index contributed by atoms with van der Waals surface area (Å²) in [5.74, 6) is 0. The smallest absolute Gasteiger partial charge is 0.0700 e. The first kappa shape index (κ1) is 13.2. The van der Waals surface area contributed by atoms with Crippen molar-refractivity contribution in [1.29, 1.82) is 0 Å². The van der Waals surface area contributed by atoms with Crippen molar-refractivity contribution in [2.45, 2.75) is 26.2 Å². The zero-order valence-electron chi connectivity index (χ0n) is 8.81. The summed E-state index contributed by atoms with van der Waals surface area (Å²) in [5, 5.41) is 3.34. The quantitative estimate of drug-likeness (QED) is 0.236. The van der Waals surface area contributed by atoms with Gasteiger partial charge in [0.05, 0.1) is 19.8 Å². The molecule has 0 N–H and O–H groups in total. The van der Waals surface area contributed by atoms with E-state index in [-0.39, 0.29) is 0 Å². The van der Waals surface area contributed by atoms with Gasteiger partial charge in [-0.1, -0.05) is 24.9 Å². The largest absolute Gasteiger partial charge is 0.379 e. The number of ether oxygens (including phenoxy) is 2. The molecule has 5 nitrogen and oxygen atoms in total. The van der Waals surface area contributed by atoms with Crippen LogP contribution in [0.25, 0.3) is 10.4 Å². The molecule has 0 spiro atoms. The molecule has 0 fully saturated rings. The highest BCUT2D eigenvalue weighted by Crippen LogP contribution is 1.93. The molecule has 0 atom stereocenters. The zero-order chi connectivity index (χ0) is 10.5. The SMILES string of the molecule is CCCCCOCCOCCN=[N+]=[N-]. The molecule has 0 bridgehead atoms. The lowest BCUT2D eigenvalue weighted by atomic mass is 10.3. The second-order valence-electron chi connectivity index (χ2n) is 2.89. The zero-order valence-corrected chi connectivity index (χ0v) is 8.81. The van der Waals surface area contributed by atoms with Crippen LogP contribution in [0.4, 0.5) is 0 Å². The Morgan fingerprint density at radius 1 is 1.07 bits per heavy atom. The summed E-state index contributed by atoms with van der Waals surface area (Å²) in [5.41, 5.74) is 7.97.